The molecule has 3 nitrogen and oxygen atoms in total. The Kier molecular flexibility index (Phi) is 3.71. The summed E-state index contributed by atoms with van der Waals surface area (Å²) in [7, 11) is 0. The van der Waals surface area contributed by atoms with Crippen LogP contribution in [0.25, 0.3) is 0 Å². The molecule has 1 atom stereocenters. The number of amides is 1. The third kappa shape index (κ3) is 2.41. The van der Waals surface area contributed by atoms with Crippen LogP contribution >= 0.6 is 0 Å². The standard InChI is InChI=1S/C15H22N2O/c1-15(2)13(11-16)10-14(18)17(15)9-8-12-6-4-3-5-7-12/h3-7,13H,8-11,16H2,1-2H3. The molecule has 0 bridgehead atoms. The van der Waals surface area contributed by atoms with Crippen LogP contribution in [0, 0.1) is 5.92 Å². The maximum absolute atomic E-state index is 12.1. The Bertz CT molecular complexity index is 414. The smallest absolute Gasteiger partial charge is 0.223 e. The van der Waals surface area contributed by atoms with Crippen molar-refractivity contribution in [3.63, 3.8) is 0 Å². The van der Waals surface area contributed by atoms with E-state index in [2.05, 4.69) is 26.0 Å². The summed E-state index contributed by atoms with van der Waals surface area (Å²) in [6.45, 7) is 5.62. The minimum atomic E-state index is -0.111. The van der Waals surface area contributed by atoms with E-state index >= 15 is 0 Å². The molecule has 1 aromatic carbocycles. The van der Waals surface area contributed by atoms with Crippen molar-refractivity contribution in [2.75, 3.05) is 13.1 Å². The number of hydrogen-bond donors (Lipinski definition) is 1. The van der Waals surface area contributed by atoms with Gasteiger partial charge in [-0.15, -0.1) is 0 Å². The third-order valence-electron chi connectivity index (χ3n) is 4.17. The number of likely N-dealkylation sites (tertiary alicyclic amines) is 1. The van der Waals surface area contributed by atoms with Crippen molar-refractivity contribution in [1.82, 2.24) is 4.90 Å². The molecule has 1 heterocycles. The van der Waals surface area contributed by atoms with E-state index in [-0.39, 0.29) is 17.4 Å². The van der Waals surface area contributed by atoms with Gasteiger partial charge >= 0.3 is 0 Å². The first kappa shape index (κ1) is 13.1. The first-order chi connectivity index (χ1) is 8.55. The van der Waals surface area contributed by atoms with Crippen molar-refractivity contribution in [3.05, 3.63) is 35.9 Å². The van der Waals surface area contributed by atoms with Crippen LogP contribution in [-0.2, 0) is 11.2 Å². The summed E-state index contributed by atoms with van der Waals surface area (Å²) in [4.78, 5) is 14.0. The van der Waals surface area contributed by atoms with Crippen LogP contribution in [0.2, 0.25) is 0 Å². The normalized spacial score (nSPS) is 22.5. The summed E-state index contributed by atoms with van der Waals surface area (Å²) in [5.41, 5.74) is 6.93. The van der Waals surface area contributed by atoms with Crippen LogP contribution in [0.4, 0.5) is 0 Å². The average molecular weight is 246 g/mol. The molecule has 0 spiro atoms. The van der Waals surface area contributed by atoms with Crippen LogP contribution in [-0.4, -0.2) is 29.4 Å². The minimum absolute atomic E-state index is 0.111. The molecule has 3 heteroatoms. The highest BCUT2D eigenvalue weighted by Crippen LogP contribution is 2.34. The number of nitrogens with zero attached hydrogens (tertiary/aromatic N) is 1. The molecule has 2 rings (SSSR count). The van der Waals surface area contributed by atoms with E-state index < -0.39 is 0 Å². The number of carbonyl (C=O) groups excluding carboxylic acids is 1. The summed E-state index contributed by atoms with van der Waals surface area (Å²) in [6.07, 6.45) is 1.51. The van der Waals surface area contributed by atoms with Gasteiger partial charge in [0.2, 0.25) is 5.91 Å². The lowest BCUT2D eigenvalue weighted by atomic mass is 9.88. The SMILES string of the molecule is CC1(C)C(CN)CC(=O)N1CCc1ccccc1. The largest absolute Gasteiger partial charge is 0.337 e. The van der Waals surface area contributed by atoms with Gasteiger partial charge in [0.25, 0.3) is 0 Å². The first-order valence-electron chi connectivity index (χ1n) is 6.60. The van der Waals surface area contributed by atoms with Gasteiger partial charge in [-0.1, -0.05) is 30.3 Å². The second-order valence-corrected chi connectivity index (χ2v) is 5.57. The fourth-order valence-corrected chi connectivity index (χ4v) is 2.78. The molecular weight excluding hydrogens is 224 g/mol. The van der Waals surface area contributed by atoms with E-state index in [1.807, 2.05) is 23.1 Å². The van der Waals surface area contributed by atoms with Crippen LogP contribution in [0.1, 0.15) is 25.8 Å². The van der Waals surface area contributed by atoms with Gasteiger partial charge in [0, 0.05) is 24.4 Å². The van der Waals surface area contributed by atoms with E-state index in [9.17, 15) is 4.79 Å². The molecule has 1 fully saturated rings. The third-order valence-corrected chi connectivity index (χ3v) is 4.17. The van der Waals surface area contributed by atoms with Gasteiger partial charge in [0.05, 0.1) is 0 Å². The van der Waals surface area contributed by atoms with Crippen LogP contribution in [0.15, 0.2) is 30.3 Å². The van der Waals surface area contributed by atoms with Crippen molar-refractivity contribution < 1.29 is 4.79 Å². The molecule has 1 aliphatic heterocycles. The molecule has 1 unspecified atom stereocenters. The topological polar surface area (TPSA) is 46.3 Å². The monoisotopic (exact) mass is 246 g/mol. The van der Waals surface area contributed by atoms with Crippen molar-refractivity contribution in [1.29, 1.82) is 0 Å². The summed E-state index contributed by atoms with van der Waals surface area (Å²) >= 11 is 0. The molecule has 1 aromatic rings. The van der Waals surface area contributed by atoms with Gasteiger partial charge in [-0.25, -0.2) is 0 Å². The molecule has 0 aliphatic carbocycles. The van der Waals surface area contributed by atoms with Gasteiger partial charge in [0.1, 0.15) is 0 Å². The Hall–Kier alpha value is -1.35. The number of benzene rings is 1. The maximum Gasteiger partial charge on any atom is 0.223 e. The Balaban J connectivity index is 2.03. The molecule has 0 radical (unpaired) electrons. The van der Waals surface area contributed by atoms with Gasteiger partial charge in [-0.3, -0.25) is 4.79 Å². The van der Waals surface area contributed by atoms with Gasteiger partial charge < -0.3 is 10.6 Å². The molecule has 1 amide bonds. The highest BCUT2D eigenvalue weighted by molar-refractivity contribution is 5.80. The van der Waals surface area contributed by atoms with E-state index in [1.165, 1.54) is 5.56 Å². The number of rotatable bonds is 4. The molecular formula is C15H22N2O. The van der Waals surface area contributed by atoms with E-state index in [1.54, 1.807) is 0 Å². The minimum Gasteiger partial charge on any atom is -0.337 e. The fourth-order valence-electron chi connectivity index (χ4n) is 2.78. The predicted molar refractivity (Wildman–Crippen MR) is 73.1 cm³/mol. The summed E-state index contributed by atoms with van der Waals surface area (Å²) in [6, 6.07) is 10.3. The number of carbonyl (C=O) groups is 1. The Morgan fingerprint density at radius 3 is 2.56 bits per heavy atom. The lowest BCUT2D eigenvalue weighted by Crippen LogP contribution is -2.46. The van der Waals surface area contributed by atoms with E-state index in [4.69, 9.17) is 5.73 Å². The fraction of sp³-hybridized carbons (Fsp3) is 0.533. The second-order valence-electron chi connectivity index (χ2n) is 5.57. The van der Waals surface area contributed by atoms with Crippen LogP contribution in [0.5, 0.6) is 0 Å². The highest BCUT2D eigenvalue weighted by atomic mass is 16.2. The number of nitrogens with two attached hydrogens (primary N) is 1. The van der Waals surface area contributed by atoms with Crippen molar-refractivity contribution in [2.45, 2.75) is 32.2 Å². The Morgan fingerprint density at radius 1 is 1.33 bits per heavy atom. The lowest BCUT2D eigenvalue weighted by Gasteiger charge is -2.35. The zero-order chi connectivity index (χ0) is 13.2. The highest BCUT2D eigenvalue weighted by Gasteiger charge is 2.44. The summed E-state index contributed by atoms with van der Waals surface area (Å²) in [5, 5.41) is 0. The summed E-state index contributed by atoms with van der Waals surface area (Å²) < 4.78 is 0. The van der Waals surface area contributed by atoms with E-state index in [0.29, 0.717) is 13.0 Å². The molecule has 0 saturated carbocycles. The van der Waals surface area contributed by atoms with Crippen molar-refractivity contribution in [2.24, 2.45) is 11.7 Å². The maximum atomic E-state index is 12.1. The zero-order valence-electron chi connectivity index (χ0n) is 11.2. The quantitative estimate of drug-likeness (QED) is 0.880. The molecule has 2 N–H and O–H groups in total. The number of hydrogen-bond acceptors (Lipinski definition) is 2. The average Bonchev–Trinajstić information content (AvgIpc) is 2.58. The summed E-state index contributed by atoms with van der Waals surface area (Å²) in [5.74, 6) is 0.521. The van der Waals surface area contributed by atoms with Gasteiger partial charge in [-0.05, 0) is 32.4 Å². The first-order valence-corrected chi connectivity index (χ1v) is 6.60. The van der Waals surface area contributed by atoms with Crippen LogP contribution < -0.4 is 5.73 Å². The molecule has 98 valence electrons. The zero-order valence-corrected chi connectivity index (χ0v) is 11.2. The Labute approximate surface area is 109 Å². The molecule has 18 heavy (non-hydrogen) atoms. The van der Waals surface area contributed by atoms with Crippen LogP contribution in [0.3, 0.4) is 0 Å². The molecule has 0 aromatic heterocycles. The van der Waals surface area contributed by atoms with Gasteiger partial charge in [0.15, 0.2) is 0 Å². The second kappa shape index (κ2) is 5.11. The predicted octanol–water partition coefficient (Wildman–Crippen LogP) is 1.81. The lowest BCUT2D eigenvalue weighted by molar-refractivity contribution is -0.130. The van der Waals surface area contributed by atoms with E-state index in [0.717, 1.165) is 13.0 Å². The molecule has 1 aliphatic rings. The Morgan fingerprint density at radius 2 is 2.00 bits per heavy atom. The molecule has 1 saturated heterocycles. The van der Waals surface area contributed by atoms with Gasteiger partial charge in [-0.2, -0.15) is 0 Å². The van der Waals surface area contributed by atoms with Crippen molar-refractivity contribution in [3.8, 4) is 0 Å². The van der Waals surface area contributed by atoms with Crippen molar-refractivity contribution >= 4 is 5.91 Å².